The molecule has 2 aromatic rings. The zero-order valence-corrected chi connectivity index (χ0v) is 20.6. The van der Waals surface area contributed by atoms with Gasteiger partial charge in [0.1, 0.15) is 34.3 Å². The number of aromatic hydroxyl groups is 1. The molecule has 0 unspecified atom stereocenters. The molecule has 2 saturated heterocycles. The van der Waals surface area contributed by atoms with Crippen molar-refractivity contribution < 1.29 is 39.4 Å². The van der Waals surface area contributed by atoms with Gasteiger partial charge in [0.2, 0.25) is 6.29 Å². The van der Waals surface area contributed by atoms with Crippen molar-refractivity contribution in [2.75, 3.05) is 39.0 Å². The van der Waals surface area contributed by atoms with E-state index in [0.717, 1.165) is 4.32 Å². The molecule has 5 atom stereocenters. The number of hydrogen-bond acceptors (Lipinski definition) is 12. The van der Waals surface area contributed by atoms with Crippen LogP contribution in [0.1, 0.15) is 5.56 Å². The van der Waals surface area contributed by atoms with E-state index in [9.17, 15) is 30.3 Å². The van der Waals surface area contributed by atoms with Crippen LogP contribution in [-0.2, 0) is 11.3 Å². The average molecular weight is 529 g/mol. The molecule has 2 aliphatic rings. The number of aliphatic hydroxyl groups excluding tert-OH is 4. The van der Waals surface area contributed by atoms with E-state index in [-0.39, 0.29) is 23.6 Å². The Labute approximate surface area is 210 Å². The Morgan fingerprint density at radius 2 is 1.89 bits per heavy atom. The van der Waals surface area contributed by atoms with Crippen molar-refractivity contribution in [1.29, 1.82) is 0 Å². The minimum Gasteiger partial charge on any atom is -0.504 e. The quantitative estimate of drug-likeness (QED) is 0.249. The van der Waals surface area contributed by atoms with Gasteiger partial charge in [-0.05, 0) is 18.4 Å². The number of piperazine rings is 1. The van der Waals surface area contributed by atoms with Crippen molar-refractivity contribution in [2.24, 2.45) is 0 Å². The van der Waals surface area contributed by atoms with Gasteiger partial charge in [0.25, 0.3) is 0 Å². The highest BCUT2D eigenvalue weighted by molar-refractivity contribution is 8.22. The van der Waals surface area contributed by atoms with Gasteiger partial charge in [-0.15, -0.1) is 11.8 Å². The first-order valence-corrected chi connectivity index (χ1v) is 12.7. The lowest BCUT2D eigenvalue weighted by Crippen LogP contribution is -2.60. The molecule has 13 heteroatoms. The first-order chi connectivity index (χ1) is 16.7. The summed E-state index contributed by atoms with van der Waals surface area (Å²) in [6, 6.07) is 4.19. The molecule has 192 valence electrons. The number of ether oxygens (including phenoxy) is 2. The zero-order valence-electron chi connectivity index (χ0n) is 18.9. The zero-order chi connectivity index (χ0) is 25.3. The van der Waals surface area contributed by atoms with E-state index in [4.69, 9.17) is 26.1 Å². The Kier molecular flexibility index (Phi) is 8.18. The number of fused-ring (bicyclic) bond motifs is 1. The fourth-order valence-electron chi connectivity index (χ4n) is 4.21. The molecule has 35 heavy (non-hydrogen) atoms. The van der Waals surface area contributed by atoms with Crippen LogP contribution in [0.2, 0.25) is 0 Å². The topological polar surface area (TPSA) is 156 Å². The average Bonchev–Trinajstić information content (AvgIpc) is 2.86. The number of rotatable bonds is 5. The van der Waals surface area contributed by atoms with Gasteiger partial charge in [-0.2, -0.15) is 0 Å². The summed E-state index contributed by atoms with van der Waals surface area (Å²) < 4.78 is 17.3. The maximum atomic E-state index is 11.9. The summed E-state index contributed by atoms with van der Waals surface area (Å²) in [5, 5.41) is 51.4. The van der Waals surface area contributed by atoms with E-state index in [0.29, 0.717) is 37.1 Å². The van der Waals surface area contributed by atoms with Gasteiger partial charge in [0, 0.05) is 44.2 Å². The third-order valence-electron chi connectivity index (χ3n) is 6.22. The number of thiocarbonyl (C=S) groups is 1. The lowest BCUT2D eigenvalue weighted by molar-refractivity contribution is -0.277. The van der Waals surface area contributed by atoms with E-state index in [1.165, 1.54) is 30.0 Å². The van der Waals surface area contributed by atoms with Crippen LogP contribution in [0.25, 0.3) is 11.0 Å². The molecule has 4 rings (SSSR count). The van der Waals surface area contributed by atoms with E-state index >= 15 is 0 Å². The second kappa shape index (κ2) is 11.0. The normalized spacial score (nSPS) is 27.8. The number of phenolic OH excluding ortho intramolecular Hbond substituents is 1. The summed E-state index contributed by atoms with van der Waals surface area (Å²) in [4.78, 5) is 16.1. The molecular weight excluding hydrogens is 500 g/mol. The molecule has 1 aromatic heterocycles. The van der Waals surface area contributed by atoms with Crippen LogP contribution in [0.3, 0.4) is 0 Å². The van der Waals surface area contributed by atoms with E-state index in [1.54, 1.807) is 0 Å². The SMILES string of the molecule is CSC(=S)N1CCN(Cc2c(O)c(O[C@@H]3O[C@H](CO)[C@@H](O)[C@H](O)[C@H]3O)cc3ccc(=O)oc23)CC1. The fraction of sp³-hybridized carbons (Fsp3) is 0.545. The molecule has 0 radical (unpaired) electrons. The number of nitrogens with zero attached hydrogens (tertiary/aromatic N) is 2. The van der Waals surface area contributed by atoms with Crippen LogP contribution in [0.5, 0.6) is 11.5 Å². The first kappa shape index (κ1) is 26.1. The lowest BCUT2D eigenvalue weighted by atomic mass is 9.99. The van der Waals surface area contributed by atoms with Gasteiger partial charge in [-0.25, -0.2) is 4.79 Å². The third-order valence-corrected chi connectivity index (χ3v) is 7.59. The summed E-state index contributed by atoms with van der Waals surface area (Å²) in [5.41, 5.74) is -0.0465. The number of benzene rings is 1. The van der Waals surface area contributed by atoms with Crippen molar-refractivity contribution in [2.45, 2.75) is 37.3 Å². The third kappa shape index (κ3) is 5.42. The maximum absolute atomic E-state index is 11.9. The van der Waals surface area contributed by atoms with Gasteiger partial charge in [0.05, 0.1) is 12.2 Å². The predicted octanol–water partition coefficient (Wildman–Crippen LogP) is -0.557. The summed E-state index contributed by atoms with van der Waals surface area (Å²) in [6.07, 6.45) is -5.52. The summed E-state index contributed by atoms with van der Waals surface area (Å²) in [7, 11) is 0. The van der Waals surface area contributed by atoms with Gasteiger partial charge in [-0.3, -0.25) is 4.90 Å². The second-order valence-electron chi connectivity index (χ2n) is 8.42. The fourth-order valence-corrected chi connectivity index (χ4v) is 4.83. The van der Waals surface area contributed by atoms with Crippen LogP contribution in [0.15, 0.2) is 27.4 Å². The molecule has 5 N–H and O–H groups in total. The van der Waals surface area contributed by atoms with Crippen molar-refractivity contribution in [3.63, 3.8) is 0 Å². The summed E-state index contributed by atoms with van der Waals surface area (Å²) >= 11 is 6.88. The number of phenols is 1. The van der Waals surface area contributed by atoms with Crippen LogP contribution in [0, 0.1) is 0 Å². The standard InChI is InChI=1S/C22H28N2O9S2/c1-35-22(34)24-6-4-23(5-7-24)9-12-16(27)13(8-11-2-3-15(26)33-20(11)12)31-21-19(30)18(29)17(28)14(10-25)32-21/h2-3,8,14,17-19,21,25,27-30H,4-7,9-10H2,1H3/t14-,17-,18+,19-,21-/m1/s1. The molecule has 0 spiro atoms. The van der Waals surface area contributed by atoms with Crippen LogP contribution < -0.4 is 10.4 Å². The van der Waals surface area contributed by atoms with Crippen LogP contribution in [0.4, 0.5) is 0 Å². The minimum absolute atomic E-state index is 0.0760. The molecule has 1 aromatic carbocycles. The Morgan fingerprint density at radius 3 is 2.54 bits per heavy atom. The highest BCUT2D eigenvalue weighted by Crippen LogP contribution is 2.39. The van der Waals surface area contributed by atoms with Gasteiger partial charge >= 0.3 is 5.63 Å². The maximum Gasteiger partial charge on any atom is 0.336 e. The van der Waals surface area contributed by atoms with Gasteiger partial charge in [-0.1, -0.05) is 12.2 Å². The minimum atomic E-state index is -1.64. The van der Waals surface area contributed by atoms with Gasteiger partial charge < -0.3 is 44.3 Å². The first-order valence-electron chi connectivity index (χ1n) is 11.0. The highest BCUT2D eigenvalue weighted by Gasteiger charge is 2.45. The predicted molar refractivity (Wildman–Crippen MR) is 132 cm³/mol. The van der Waals surface area contributed by atoms with Crippen molar-refractivity contribution in [3.8, 4) is 11.5 Å². The Balaban J connectivity index is 1.63. The summed E-state index contributed by atoms with van der Waals surface area (Å²) in [5.74, 6) is -0.390. The number of thioether (sulfide) groups is 1. The van der Waals surface area contributed by atoms with Crippen molar-refractivity contribution >= 4 is 39.3 Å². The smallest absolute Gasteiger partial charge is 0.336 e. The Hall–Kier alpha value is -1.97. The van der Waals surface area contributed by atoms with E-state index in [1.807, 2.05) is 6.26 Å². The molecule has 0 amide bonds. The lowest BCUT2D eigenvalue weighted by Gasteiger charge is -2.39. The molecule has 3 heterocycles. The molecule has 2 fully saturated rings. The highest BCUT2D eigenvalue weighted by atomic mass is 32.2. The Morgan fingerprint density at radius 1 is 1.17 bits per heavy atom. The second-order valence-corrected chi connectivity index (χ2v) is 9.86. The van der Waals surface area contributed by atoms with E-state index < -0.39 is 42.9 Å². The molecular formula is C22H28N2O9S2. The van der Waals surface area contributed by atoms with E-state index in [2.05, 4.69) is 9.80 Å². The van der Waals surface area contributed by atoms with Gasteiger partial charge in [0.15, 0.2) is 11.5 Å². The Bertz CT molecular complexity index is 1120. The molecule has 0 saturated carbocycles. The number of hydrogen-bond donors (Lipinski definition) is 5. The molecule has 11 nitrogen and oxygen atoms in total. The monoisotopic (exact) mass is 528 g/mol. The largest absolute Gasteiger partial charge is 0.504 e. The van der Waals surface area contributed by atoms with Crippen LogP contribution >= 0.6 is 24.0 Å². The molecule has 2 aliphatic heterocycles. The summed E-state index contributed by atoms with van der Waals surface area (Å²) in [6.45, 7) is 2.39. The van der Waals surface area contributed by atoms with Crippen LogP contribution in [-0.4, -0.2) is 109 Å². The molecule has 0 bridgehead atoms. The number of aliphatic hydroxyl groups is 4. The van der Waals surface area contributed by atoms with Crippen molar-refractivity contribution in [3.05, 3.63) is 34.2 Å². The van der Waals surface area contributed by atoms with Crippen molar-refractivity contribution in [1.82, 2.24) is 9.80 Å². The molecule has 0 aliphatic carbocycles.